The Bertz CT molecular complexity index is 1270. The minimum atomic E-state index is -1.81. The van der Waals surface area contributed by atoms with E-state index in [-0.39, 0.29) is 25.0 Å². The zero-order valence-corrected chi connectivity index (χ0v) is 22.5. The van der Waals surface area contributed by atoms with E-state index in [0.29, 0.717) is 49.3 Å². The molecule has 2 atom stereocenters. The first-order valence-electron chi connectivity index (χ1n) is 14.0. The predicted molar refractivity (Wildman–Crippen MR) is 150 cm³/mol. The molecule has 8 nitrogen and oxygen atoms in total. The molecule has 2 N–H and O–H groups in total. The van der Waals surface area contributed by atoms with E-state index in [1.807, 2.05) is 41.3 Å². The van der Waals surface area contributed by atoms with E-state index in [4.69, 9.17) is 0 Å². The average Bonchev–Trinajstić information content (AvgIpc) is 3.16. The van der Waals surface area contributed by atoms with Gasteiger partial charge < -0.3 is 24.9 Å². The van der Waals surface area contributed by atoms with Gasteiger partial charge in [-0.05, 0) is 68.0 Å². The number of rotatable bonds is 8. The van der Waals surface area contributed by atoms with Gasteiger partial charge in [0.05, 0.1) is 12.2 Å². The van der Waals surface area contributed by atoms with Crippen LogP contribution in [0.4, 0.5) is 17.1 Å². The summed E-state index contributed by atoms with van der Waals surface area (Å²) in [6, 6.07) is 13.1. The van der Waals surface area contributed by atoms with Crippen molar-refractivity contribution in [2.24, 2.45) is 5.92 Å². The van der Waals surface area contributed by atoms with E-state index in [9.17, 15) is 24.6 Å². The van der Waals surface area contributed by atoms with Gasteiger partial charge in [0, 0.05) is 55.4 Å². The number of piperidine rings is 2. The van der Waals surface area contributed by atoms with E-state index in [2.05, 4.69) is 0 Å². The highest BCUT2D eigenvalue weighted by Crippen LogP contribution is 2.47. The lowest BCUT2D eigenvalue weighted by molar-refractivity contribution is -0.139. The molecule has 2 saturated heterocycles. The monoisotopic (exact) mass is 531 g/mol. The summed E-state index contributed by atoms with van der Waals surface area (Å²) >= 11 is 0. The largest absolute Gasteiger partial charge is 0.396 e. The zero-order chi connectivity index (χ0) is 27.6. The Morgan fingerprint density at radius 1 is 0.897 bits per heavy atom. The minimum Gasteiger partial charge on any atom is -0.396 e. The molecule has 2 fully saturated rings. The maximum Gasteiger partial charge on any atom is 0.264 e. The van der Waals surface area contributed by atoms with Gasteiger partial charge in [-0.25, -0.2) is 0 Å². The normalized spacial score (nSPS) is 22.6. The first kappa shape index (κ1) is 27.1. The van der Waals surface area contributed by atoms with Crippen LogP contribution in [0.1, 0.15) is 63.0 Å². The number of amides is 3. The van der Waals surface area contributed by atoms with Crippen LogP contribution in [0.5, 0.6) is 0 Å². The van der Waals surface area contributed by atoms with E-state index < -0.39 is 17.4 Å². The van der Waals surface area contributed by atoms with Crippen LogP contribution >= 0.6 is 0 Å². The molecule has 5 rings (SSSR count). The highest BCUT2D eigenvalue weighted by Gasteiger charge is 2.52. The summed E-state index contributed by atoms with van der Waals surface area (Å²) in [7, 11) is 0. The third-order valence-electron chi connectivity index (χ3n) is 8.18. The molecule has 3 amide bonds. The molecule has 0 radical (unpaired) electrons. The van der Waals surface area contributed by atoms with Crippen molar-refractivity contribution in [2.75, 3.05) is 34.4 Å². The van der Waals surface area contributed by atoms with Gasteiger partial charge in [-0.15, -0.1) is 0 Å². The van der Waals surface area contributed by atoms with Crippen LogP contribution < -0.4 is 14.7 Å². The molecule has 0 unspecified atom stereocenters. The second kappa shape index (κ2) is 11.3. The molecule has 0 aliphatic carbocycles. The van der Waals surface area contributed by atoms with Crippen LogP contribution in [0, 0.1) is 5.92 Å². The molecule has 0 bridgehead atoms. The highest BCUT2D eigenvalue weighted by atomic mass is 16.3. The maximum atomic E-state index is 13.9. The quantitative estimate of drug-likeness (QED) is 0.501. The van der Waals surface area contributed by atoms with Gasteiger partial charge in [-0.2, -0.15) is 0 Å². The Hall–Kier alpha value is -3.49. The number of fused-ring (bicyclic) bond motifs is 1. The molecule has 3 heterocycles. The summed E-state index contributed by atoms with van der Waals surface area (Å²) in [5, 5.41) is 21.2. The van der Waals surface area contributed by atoms with Crippen molar-refractivity contribution in [3.05, 3.63) is 65.7 Å². The summed E-state index contributed by atoms with van der Waals surface area (Å²) in [6.07, 6.45) is 8.72. The molecule has 0 saturated carbocycles. The first-order valence-corrected chi connectivity index (χ1v) is 14.0. The second-order valence-electron chi connectivity index (χ2n) is 10.8. The van der Waals surface area contributed by atoms with Crippen LogP contribution in [0.2, 0.25) is 0 Å². The number of hydrogen-bond acceptors (Lipinski definition) is 5. The van der Waals surface area contributed by atoms with Crippen LogP contribution in [0.3, 0.4) is 0 Å². The maximum absolute atomic E-state index is 13.9. The average molecular weight is 532 g/mol. The summed E-state index contributed by atoms with van der Waals surface area (Å²) < 4.78 is 0. The highest BCUT2D eigenvalue weighted by molar-refractivity contribution is 6.08. The zero-order valence-electron chi connectivity index (χ0n) is 22.5. The van der Waals surface area contributed by atoms with Crippen LogP contribution in [-0.4, -0.2) is 47.6 Å². The van der Waals surface area contributed by atoms with E-state index in [1.54, 1.807) is 34.9 Å². The Morgan fingerprint density at radius 2 is 1.51 bits per heavy atom. The van der Waals surface area contributed by atoms with Crippen LogP contribution in [0.15, 0.2) is 54.6 Å². The number of aliphatic hydroxyl groups excluding tert-OH is 1. The van der Waals surface area contributed by atoms with Gasteiger partial charge in [0.2, 0.25) is 11.8 Å². The number of aliphatic hydroxyl groups is 2. The molecule has 3 aliphatic heterocycles. The standard InChI is InChI=1S/C31H37N3O5/c1-22(8-4-7-19-35)31(39)26-20-25(33-18-6-3-10-29(33)37)15-16-27(26)34(30(31)38)21-23-11-13-24(14-12-23)32-17-5-2-9-28(32)36/h4,8,11-16,20,22,35,39H,2-3,5-7,9-10,17-19,21H2,1H3/b8-4+/t22-,31+/m1/s1. The first-order chi connectivity index (χ1) is 18.8. The number of hydrogen-bond donors (Lipinski definition) is 2. The molecular weight excluding hydrogens is 494 g/mol. The lowest BCUT2D eigenvalue weighted by atomic mass is 9.82. The van der Waals surface area contributed by atoms with Crippen molar-refractivity contribution in [2.45, 2.75) is 64.0 Å². The predicted octanol–water partition coefficient (Wildman–Crippen LogP) is 4.03. The smallest absolute Gasteiger partial charge is 0.264 e. The van der Waals surface area contributed by atoms with Crippen molar-refractivity contribution in [3.8, 4) is 0 Å². The molecule has 8 heteroatoms. The van der Waals surface area contributed by atoms with E-state index in [1.165, 1.54) is 0 Å². The Kier molecular flexibility index (Phi) is 7.86. The van der Waals surface area contributed by atoms with Crippen LogP contribution in [-0.2, 0) is 26.5 Å². The van der Waals surface area contributed by atoms with Gasteiger partial charge in [-0.3, -0.25) is 14.4 Å². The molecular formula is C31H37N3O5. The van der Waals surface area contributed by atoms with Crippen molar-refractivity contribution in [1.29, 1.82) is 0 Å². The molecule has 3 aliphatic rings. The summed E-state index contributed by atoms with van der Waals surface area (Å²) in [5.74, 6) is -0.792. The van der Waals surface area contributed by atoms with Gasteiger partial charge in [0.15, 0.2) is 5.60 Å². The van der Waals surface area contributed by atoms with Crippen molar-refractivity contribution < 1.29 is 24.6 Å². The molecule has 2 aromatic carbocycles. The van der Waals surface area contributed by atoms with Crippen LogP contribution in [0.25, 0.3) is 0 Å². The van der Waals surface area contributed by atoms with Crippen molar-refractivity contribution in [1.82, 2.24) is 0 Å². The second-order valence-corrected chi connectivity index (χ2v) is 10.8. The van der Waals surface area contributed by atoms with Gasteiger partial charge in [0.1, 0.15) is 0 Å². The van der Waals surface area contributed by atoms with Crippen molar-refractivity contribution >= 4 is 34.8 Å². The van der Waals surface area contributed by atoms with Gasteiger partial charge >= 0.3 is 0 Å². The number of nitrogens with zero attached hydrogens (tertiary/aromatic N) is 3. The SMILES string of the molecule is C[C@H](/C=C/CCO)[C@@]1(O)C(=O)N(Cc2ccc(N3CCCCC3=O)cc2)c2ccc(N3CCCCC3=O)cc21. The summed E-state index contributed by atoms with van der Waals surface area (Å²) in [5.41, 5.74) is 1.72. The third kappa shape index (κ3) is 5.11. The van der Waals surface area contributed by atoms with E-state index >= 15 is 0 Å². The Balaban J connectivity index is 1.47. The van der Waals surface area contributed by atoms with Gasteiger partial charge in [-0.1, -0.05) is 31.2 Å². The fourth-order valence-electron chi connectivity index (χ4n) is 5.90. The molecule has 0 spiro atoms. The van der Waals surface area contributed by atoms with E-state index in [0.717, 1.165) is 36.9 Å². The number of anilines is 3. The topological polar surface area (TPSA) is 101 Å². The minimum absolute atomic E-state index is 0.0153. The lowest BCUT2D eigenvalue weighted by Gasteiger charge is -2.30. The lowest BCUT2D eigenvalue weighted by Crippen LogP contribution is -2.44. The fourth-order valence-corrected chi connectivity index (χ4v) is 5.90. The third-order valence-corrected chi connectivity index (χ3v) is 8.18. The molecule has 39 heavy (non-hydrogen) atoms. The molecule has 2 aromatic rings. The Morgan fingerprint density at radius 3 is 2.13 bits per heavy atom. The van der Waals surface area contributed by atoms with Crippen molar-refractivity contribution in [3.63, 3.8) is 0 Å². The summed E-state index contributed by atoms with van der Waals surface area (Å²) in [4.78, 5) is 44.0. The number of benzene rings is 2. The Labute approximate surface area is 229 Å². The number of carbonyl (C=O) groups is 3. The number of carbonyl (C=O) groups excluding carboxylic acids is 3. The molecule has 0 aromatic heterocycles. The summed E-state index contributed by atoms with van der Waals surface area (Å²) in [6.45, 7) is 3.37. The van der Waals surface area contributed by atoms with Gasteiger partial charge in [0.25, 0.3) is 5.91 Å². The fraction of sp³-hybridized carbons (Fsp3) is 0.452. The molecule has 206 valence electrons.